The average Bonchev–Trinajstić information content (AvgIpc) is 2.50. The van der Waals surface area contributed by atoms with Crippen LogP contribution in [0.15, 0.2) is 24.3 Å². The molecule has 1 saturated heterocycles. The molecule has 0 aliphatic carbocycles. The highest BCUT2D eigenvalue weighted by atomic mass is 16.5. The van der Waals surface area contributed by atoms with Crippen molar-refractivity contribution in [3.05, 3.63) is 29.8 Å². The van der Waals surface area contributed by atoms with Gasteiger partial charge in [0.25, 0.3) is 0 Å². The number of piperidine rings is 1. The molecule has 0 aromatic heterocycles. The van der Waals surface area contributed by atoms with Crippen LogP contribution in [-0.2, 0) is 20.7 Å². The van der Waals surface area contributed by atoms with Gasteiger partial charge in [0.15, 0.2) is 0 Å². The van der Waals surface area contributed by atoms with Gasteiger partial charge in [-0.25, -0.2) is 0 Å². The monoisotopic (exact) mass is 290 g/mol. The lowest BCUT2D eigenvalue weighted by Crippen LogP contribution is -2.41. The fourth-order valence-electron chi connectivity index (χ4n) is 2.59. The summed E-state index contributed by atoms with van der Waals surface area (Å²) in [5.74, 6) is -0.150. The fraction of sp³-hybridized carbons (Fsp3) is 0.500. The third kappa shape index (κ3) is 3.97. The largest absolute Gasteiger partial charge is 0.466 e. The minimum Gasteiger partial charge on any atom is -0.466 e. The lowest BCUT2D eigenvalue weighted by atomic mass is 9.96. The van der Waals surface area contributed by atoms with Crippen LogP contribution in [0.4, 0.5) is 5.69 Å². The SMILES string of the molecule is CCOC(=O)C1CCN(C(=O)Cc2ccccc2N)CC1. The molecule has 2 N–H and O–H groups in total. The molecular formula is C16H22N2O3. The van der Waals surface area contributed by atoms with E-state index in [1.54, 1.807) is 13.0 Å². The van der Waals surface area contributed by atoms with Crippen LogP contribution in [0, 0.1) is 5.92 Å². The van der Waals surface area contributed by atoms with E-state index in [1.165, 1.54) is 0 Å². The van der Waals surface area contributed by atoms with E-state index >= 15 is 0 Å². The van der Waals surface area contributed by atoms with Crippen LogP contribution in [0.1, 0.15) is 25.3 Å². The molecule has 1 aromatic rings. The third-order valence-corrected chi connectivity index (χ3v) is 3.86. The van der Waals surface area contributed by atoms with E-state index in [0.29, 0.717) is 44.6 Å². The molecule has 0 saturated carbocycles. The molecule has 0 atom stereocenters. The number of para-hydroxylation sites is 1. The minimum atomic E-state index is -0.142. The van der Waals surface area contributed by atoms with E-state index in [9.17, 15) is 9.59 Å². The predicted octanol–water partition coefficient (Wildman–Crippen LogP) is 1.61. The quantitative estimate of drug-likeness (QED) is 0.675. The highest BCUT2D eigenvalue weighted by Gasteiger charge is 2.28. The normalized spacial score (nSPS) is 15.8. The number of ether oxygens (including phenoxy) is 1. The molecule has 1 aliphatic rings. The molecule has 1 aliphatic heterocycles. The highest BCUT2D eigenvalue weighted by molar-refractivity contribution is 5.81. The molecule has 114 valence electrons. The standard InChI is InChI=1S/C16H22N2O3/c1-2-21-16(20)12-7-9-18(10-8-12)15(19)11-13-5-3-4-6-14(13)17/h3-6,12H,2,7-11,17H2,1H3. The Balaban J connectivity index is 1.86. The molecule has 2 rings (SSSR count). The second kappa shape index (κ2) is 7.11. The summed E-state index contributed by atoms with van der Waals surface area (Å²) in [6.45, 7) is 3.43. The minimum absolute atomic E-state index is 0.0650. The Morgan fingerprint density at radius 3 is 2.57 bits per heavy atom. The van der Waals surface area contributed by atoms with Crippen molar-refractivity contribution in [2.75, 3.05) is 25.4 Å². The van der Waals surface area contributed by atoms with Gasteiger partial charge < -0.3 is 15.4 Å². The van der Waals surface area contributed by atoms with Crippen molar-refractivity contribution in [2.24, 2.45) is 5.92 Å². The first kappa shape index (κ1) is 15.4. The van der Waals surface area contributed by atoms with Crippen molar-refractivity contribution < 1.29 is 14.3 Å². The molecule has 1 heterocycles. The van der Waals surface area contributed by atoms with Crippen LogP contribution in [0.2, 0.25) is 0 Å². The van der Waals surface area contributed by atoms with Crippen molar-refractivity contribution in [3.8, 4) is 0 Å². The van der Waals surface area contributed by atoms with Gasteiger partial charge in [-0.3, -0.25) is 9.59 Å². The third-order valence-electron chi connectivity index (χ3n) is 3.86. The van der Waals surface area contributed by atoms with Gasteiger partial charge in [-0.2, -0.15) is 0 Å². The summed E-state index contributed by atoms with van der Waals surface area (Å²) in [4.78, 5) is 25.8. The van der Waals surface area contributed by atoms with Gasteiger partial charge in [0.1, 0.15) is 0 Å². The van der Waals surface area contributed by atoms with Gasteiger partial charge >= 0.3 is 5.97 Å². The predicted molar refractivity (Wildman–Crippen MR) is 80.5 cm³/mol. The first-order chi connectivity index (χ1) is 10.1. The van der Waals surface area contributed by atoms with Gasteiger partial charge in [-0.05, 0) is 31.4 Å². The van der Waals surface area contributed by atoms with Crippen molar-refractivity contribution in [2.45, 2.75) is 26.2 Å². The van der Waals surface area contributed by atoms with Gasteiger partial charge in [0.05, 0.1) is 18.9 Å². The number of likely N-dealkylation sites (tertiary alicyclic amines) is 1. The lowest BCUT2D eigenvalue weighted by Gasteiger charge is -2.31. The summed E-state index contributed by atoms with van der Waals surface area (Å²) < 4.78 is 5.03. The number of benzene rings is 1. The maximum atomic E-state index is 12.3. The van der Waals surface area contributed by atoms with E-state index in [1.807, 2.05) is 23.1 Å². The highest BCUT2D eigenvalue weighted by Crippen LogP contribution is 2.20. The molecule has 1 amide bonds. The molecule has 5 nitrogen and oxygen atoms in total. The molecule has 1 fully saturated rings. The first-order valence-electron chi connectivity index (χ1n) is 7.39. The smallest absolute Gasteiger partial charge is 0.309 e. The molecule has 1 aromatic carbocycles. The Hall–Kier alpha value is -2.04. The summed E-state index contributed by atoms with van der Waals surface area (Å²) >= 11 is 0. The van der Waals surface area contributed by atoms with Crippen LogP contribution in [0.5, 0.6) is 0 Å². The molecule has 0 spiro atoms. The van der Waals surface area contributed by atoms with Crippen molar-refractivity contribution in [1.29, 1.82) is 0 Å². The summed E-state index contributed by atoms with van der Waals surface area (Å²) in [5.41, 5.74) is 7.36. The molecule has 0 radical (unpaired) electrons. The maximum Gasteiger partial charge on any atom is 0.309 e. The Labute approximate surface area is 125 Å². The molecule has 5 heteroatoms. The van der Waals surface area contributed by atoms with Gasteiger partial charge in [-0.1, -0.05) is 18.2 Å². The zero-order valence-corrected chi connectivity index (χ0v) is 12.4. The summed E-state index contributed by atoms with van der Waals surface area (Å²) in [6.07, 6.45) is 1.67. The number of anilines is 1. The number of carbonyl (C=O) groups excluding carboxylic acids is 2. The van der Waals surface area contributed by atoms with Gasteiger partial charge in [0.2, 0.25) is 5.91 Å². The lowest BCUT2D eigenvalue weighted by molar-refractivity contribution is -0.151. The topological polar surface area (TPSA) is 72.6 Å². The number of hydrogen-bond acceptors (Lipinski definition) is 4. The van der Waals surface area contributed by atoms with Crippen molar-refractivity contribution in [3.63, 3.8) is 0 Å². The second-order valence-corrected chi connectivity index (χ2v) is 5.28. The van der Waals surface area contributed by atoms with Gasteiger partial charge in [-0.15, -0.1) is 0 Å². The van der Waals surface area contributed by atoms with E-state index in [-0.39, 0.29) is 17.8 Å². The van der Waals surface area contributed by atoms with Crippen LogP contribution < -0.4 is 5.73 Å². The Morgan fingerprint density at radius 2 is 1.95 bits per heavy atom. The summed E-state index contributed by atoms with van der Waals surface area (Å²) in [7, 11) is 0. The number of amides is 1. The average molecular weight is 290 g/mol. The Kier molecular flexibility index (Phi) is 5.20. The van der Waals surface area contributed by atoms with Crippen LogP contribution in [-0.4, -0.2) is 36.5 Å². The number of nitrogen functional groups attached to an aromatic ring is 1. The van der Waals surface area contributed by atoms with E-state index in [0.717, 1.165) is 5.56 Å². The van der Waals surface area contributed by atoms with Crippen molar-refractivity contribution in [1.82, 2.24) is 4.90 Å². The number of esters is 1. The molecular weight excluding hydrogens is 268 g/mol. The number of nitrogens with two attached hydrogens (primary N) is 1. The van der Waals surface area contributed by atoms with Gasteiger partial charge in [0, 0.05) is 18.8 Å². The summed E-state index contributed by atoms with van der Waals surface area (Å²) in [6, 6.07) is 7.41. The van der Waals surface area contributed by atoms with E-state index in [2.05, 4.69) is 0 Å². The van der Waals surface area contributed by atoms with Crippen molar-refractivity contribution >= 4 is 17.6 Å². The maximum absolute atomic E-state index is 12.3. The zero-order chi connectivity index (χ0) is 15.2. The number of rotatable bonds is 4. The van der Waals surface area contributed by atoms with Crippen LogP contribution >= 0.6 is 0 Å². The molecule has 0 bridgehead atoms. The number of nitrogens with zero attached hydrogens (tertiary/aromatic N) is 1. The van der Waals surface area contributed by atoms with E-state index < -0.39 is 0 Å². The number of hydrogen-bond donors (Lipinski definition) is 1. The van der Waals surface area contributed by atoms with Crippen LogP contribution in [0.3, 0.4) is 0 Å². The number of carbonyl (C=O) groups is 2. The van der Waals surface area contributed by atoms with E-state index in [4.69, 9.17) is 10.5 Å². The fourth-order valence-corrected chi connectivity index (χ4v) is 2.59. The second-order valence-electron chi connectivity index (χ2n) is 5.28. The Bertz CT molecular complexity index is 508. The first-order valence-corrected chi connectivity index (χ1v) is 7.39. The summed E-state index contributed by atoms with van der Waals surface area (Å²) in [5, 5.41) is 0. The molecule has 21 heavy (non-hydrogen) atoms. The molecule has 0 unspecified atom stereocenters. The van der Waals surface area contributed by atoms with Crippen LogP contribution in [0.25, 0.3) is 0 Å². The Morgan fingerprint density at radius 1 is 1.29 bits per heavy atom. The zero-order valence-electron chi connectivity index (χ0n) is 12.4.